The minimum Gasteiger partial charge on any atom is -0.237 e. The molecule has 0 radical (unpaired) electrons. The summed E-state index contributed by atoms with van der Waals surface area (Å²) in [4.78, 5) is 4.60. The highest BCUT2D eigenvalue weighted by atomic mass is 35.5. The summed E-state index contributed by atoms with van der Waals surface area (Å²) in [5.74, 6) is 0. The maximum Gasteiger partial charge on any atom is 0.116 e. The first-order chi connectivity index (χ1) is 9.31. The highest BCUT2D eigenvalue weighted by Crippen LogP contribution is 2.24. The second kappa shape index (κ2) is 5.70. The molecule has 94 valence electrons. The smallest absolute Gasteiger partial charge is 0.116 e. The molecule has 1 nitrogen and oxygen atoms in total. The maximum absolute atomic E-state index is 5.88. The van der Waals surface area contributed by atoms with Crippen molar-refractivity contribution in [1.29, 1.82) is 0 Å². The van der Waals surface area contributed by atoms with Gasteiger partial charge in [-0.15, -0.1) is 11.3 Å². The molecule has 2 heterocycles. The number of thiazole rings is 1. The predicted octanol–water partition coefficient (Wildman–Crippen LogP) is 5.70. The molecule has 0 aliphatic heterocycles. The van der Waals surface area contributed by atoms with Crippen molar-refractivity contribution < 1.29 is 0 Å². The van der Waals surface area contributed by atoms with Crippen molar-refractivity contribution in [2.24, 2.45) is 0 Å². The van der Waals surface area contributed by atoms with Gasteiger partial charge in [0.05, 0.1) is 5.69 Å². The molecular formula is C15H10ClNS2. The van der Waals surface area contributed by atoms with Crippen molar-refractivity contribution in [2.75, 3.05) is 0 Å². The van der Waals surface area contributed by atoms with Gasteiger partial charge in [0.1, 0.15) is 5.01 Å². The van der Waals surface area contributed by atoms with Crippen LogP contribution in [0.5, 0.6) is 0 Å². The minimum atomic E-state index is 0.747. The van der Waals surface area contributed by atoms with Crippen LogP contribution in [0.15, 0.2) is 46.5 Å². The molecule has 0 aliphatic rings. The van der Waals surface area contributed by atoms with E-state index in [1.54, 1.807) is 22.7 Å². The standard InChI is InChI=1S/C15H10ClNS2/c16-13-4-2-12(3-5-13)14-10-19-15(17-14)6-1-11-7-8-18-9-11/h1-10H. The van der Waals surface area contributed by atoms with E-state index in [9.17, 15) is 0 Å². The van der Waals surface area contributed by atoms with E-state index >= 15 is 0 Å². The maximum atomic E-state index is 5.88. The molecule has 0 bridgehead atoms. The monoisotopic (exact) mass is 303 g/mol. The van der Waals surface area contributed by atoms with E-state index in [0.29, 0.717) is 0 Å². The quantitative estimate of drug-likeness (QED) is 0.605. The van der Waals surface area contributed by atoms with Gasteiger partial charge in [0, 0.05) is 16.0 Å². The van der Waals surface area contributed by atoms with Crippen molar-refractivity contribution in [3.05, 3.63) is 62.1 Å². The van der Waals surface area contributed by atoms with Crippen LogP contribution in [0.4, 0.5) is 0 Å². The molecule has 0 atom stereocenters. The molecule has 19 heavy (non-hydrogen) atoms. The lowest BCUT2D eigenvalue weighted by atomic mass is 10.2. The second-order valence-electron chi connectivity index (χ2n) is 3.97. The Morgan fingerprint density at radius 2 is 1.84 bits per heavy atom. The fourth-order valence-corrected chi connectivity index (χ4v) is 3.13. The van der Waals surface area contributed by atoms with Crippen molar-refractivity contribution in [1.82, 2.24) is 4.98 Å². The fourth-order valence-electron chi connectivity index (χ4n) is 1.65. The Bertz CT molecular complexity index is 681. The molecular weight excluding hydrogens is 294 g/mol. The van der Waals surface area contributed by atoms with E-state index in [1.165, 1.54) is 5.56 Å². The highest BCUT2D eigenvalue weighted by molar-refractivity contribution is 7.11. The first-order valence-corrected chi connectivity index (χ1v) is 7.93. The zero-order valence-electron chi connectivity index (χ0n) is 9.92. The minimum absolute atomic E-state index is 0.747. The Balaban J connectivity index is 1.81. The van der Waals surface area contributed by atoms with E-state index in [0.717, 1.165) is 21.3 Å². The zero-order chi connectivity index (χ0) is 13.1. The van der Waals surface area contributed by atoms with Crippen molar-refractivity contribution >= 4 is 46.4 Å². The highest BCUT2D eigenvalue weighted by Gasteiger charge is 2.02. The van der Waals surface area contributed by atoms with Gasteiger partial charge in [0.2, 0.25) is 0 Å². The molecule has 0 unspecified atom stereocenters. The third-order valence-electron chi connectivity index (χ3n) is 2.62. The molecule has 0 saturated heterocycles. The predicted molar refractivity (Wildman–Crippen MR) is 85.8 cm³/mol. The number of aromatic nitrogens is 1. The molecule has 2 aromatic heterocycles. The Labute approximate surface area is 124 Å². The first-order valence-electron chi connectivity index (χ1n) is 5.73. The molecule has 0 aliphatic carbocycles. The van der Waals surface area contributed by atoms with E-state index in [1.807, 2.05) is 30.3 Å². The third kappa shape index (κ3) is 3.13. The van der Waals surface area contributed by atoms with Gasteiger partial charge in [-0.25, -0.2) is 4.98 Å². The van der Waals surface area contributed by atoms with Crippen LogP contribution >= 0.6 is 34.3 Å². The van der Waals surface area contributed by atoms with Crippen LogP contribution < -0.4 is 0 Å². The van der Waals surface area contributed by atoms with Crippen LogP contribution in [-0.2, 0) is 0 Å². The number of hydrogen-bond donors (Lipinski definition) is 0. The number of thiophene rings is 1. The second-order valence-corrected chi connectivity index (χ2v) is 6.07. The molecule has 3 rings (SSSR count). The van der Waals surface area contributed by atoms with Gasteiger partial charge in [0.25, 0.3) is 0 Å². The topological polar surface area (TPSA) is 12.9 Å². The summed E-state index contributed by atoms with van der Waals surface area (Å²) in [7, 11) is 0. The summed E-state index contributed by atoms with van der Waals surface area (Å²) in [6.45, 7) is 0. The van der Waals surface area contributed by atoms with Crippen molar-refractivity contribution in [2.45, 2.75) is 0 Å². The van der Waals surface area contributed by atoms with Crippen LogP contribution in [0, 0.1) is 0 Å². The molecule has 3 aromatic rings. The molecule has 0 fully saturated rings. The third-order valence-corrected chi connectivity index (χ3v) is 4.39. The first kappa shape index (κ1) is 12.6. The normalized spacial score (nSPS) is 11.2. The summed E-state index contributed by atoms with van der Waals surface area (Å²) in [6, 6.07) is 9.84. The Morgan fingerprint density at radius 3 is 2.58 bits per heavy atom. The van der Waals surface area contributed by atoms with Crippen LogP contribution in [0.2, 0.25) is 5.02 Å². The van der Waals surface area contributed by atoms with E-state index in [2.05, 4.69) is 33.3 Å². The number of benzene rings is 1. The summed E-state index contributed by atoms with van der Waals surface area (Å²) in [6.07, 6.45) is 4.13. The van der Waals surface area contributed by atoms with Gasteiger partial charge >= 0.3 is 0 Å². The number of rotatable bonds is 3. The molecule has 1 aromatic carbocycles. The van der Waals surface area contributed by atoms with Crippen LogP contribution in [0.1, 0.15) is 10.6 Å². The van der Waals surface area contributed by atoms with Crippen molar-refractivity contribution in [3.8, 4) is 11.3 Å². The Morgan fingerprint density at radius 1 is 1.00 bits per heavy atom. The average Bonchev–Trinajstić information content (AvgIpc) is 3.09. The fraction of sp³-hybridized carbons (Fsp3) is 0. The lowest BCUT2D eigenvalue weighted by Gasteiger charge is -1.95. The Hall–Kier alpha value is -1.42. The van der Waals surface area contributed by atoms with Crippen LogP contribution in [0.25, 0.3) is 23.4 Å². The summed E-state index contributed by atoms with van der Waals surface area (Å²) < 4.78 is 0. The van der Waals surface area contributed by atoms with Crippen LogP contribution in [-0.4, -0.2) is 4.98 Å². The molecule has 0 saturated carbocycles. The van der Waals surface area contributed by atoms with Gasteiger partial charge < -0.3 is 0 Å². The number of nitrogens with zero attached hydrogens (tertiary/aromatic N) is 1. The lowest BCUT2D eigenvalue weighted by Crippen LogP contribution is -1.77. The largest absolute Gasteiger partial charge is 0.237 e. The lowest BCUT2D eigenvalue weighted by molar-refractivity contribution is 1.38. The van der Waals surface area contributed by atoms with Crippen LogP contribution in [0.3, 0.4) is 0 Å². The molecule has 4 heteroatoms. The molecule has 0 spiro atoms. The zero-order valence-corrected chi connectivity index (χ0v) is 12.3. The van der Waals surface area contributed by atoms with Gasteiger partial charge in [-0.1, -0.05) is 29.8 Å². The van der Waals surface area contributed by atoms with E-state index in [-0.39, 0.29) is 0 Å². The average molecular weight is 304 g/mol. The number of hydrogen-bond acceptors (Lipinski definition) is 3. The SMILES string of the molecule is Clc1ccc(-c2csc(C=Cc3ccsc3)n2)cc1. The van der Waals surface area contributed by atoms with Gasteiger partial charge in [0.15, 0.2) is 0 Å². The summed E-state index contributed by atoms with van der Waals surface area (Å²) >= 11 is 9.22. The van der Waals surface area contributed by atoms with Gasteiger partial charge in [-0.2, -0.15) is 11.3 Å². The summed E-state index contributed by atoms with van der Waals surface area (Å²) in [5, 5.41) is 8.01. The van der Waals surface area contributed by atoms with Gasteiger partial charge in [-0.05, 0) is 40.6 Å². The Kier molecular flexibility index (Phi) is 3.78. The van der Waals surface area contributed by atoms with Crippen molar-refractivity contribution in [3.63, 3.8) is 0 Å². The van der Waals surface area contributed by atoms with E-state index < -0.39 is 0 Å². The molecule has 0 N–H and O–H groups in total. The molecule has 0 amide bonds. The summed E-state index contributed by atoms with van der Waals surface area (Å²) in [5.41, 5.74) is 3.30. The van der Waals surface area contributed by atoms with E-state index in [4.69, 9.17) is 11.6 Å². The number of halogens is 1. The van der Waals surface area contributed by atoms with Gasteiger partial charge in [-0.3, -0.25) is 0 Å².